The molecule has 0 radical (unpaired) electrons. The number of phenolic OH excluding ortho intramolecular Hbond substituents is 2. The first-order valence-corrected chi connectivity index (χ1v) is 10.3. The molecule has 0 fully saturated rings. The van der Waals surface area contributed by atoms with Gasteiger partial charge in [-0.1, -0.05) is 54.6 Å². The third-order valence-corrected chi connectivity index (χ3v) is 5.60. The van der Waals surface area contributed by atoms with E-state index in [1.165, 1.54) is 12.1 Å². The maximum absolute atomic E-state index is 13.4. The number of benzene rings is 3. The second-order valence-electron chi connectivity index (χ2n) is 7.80. The van der Waals surface area contributed by atoms with Crippen LogP contribution >= 0.6 is 0 Å². The van der Waals surface area contributed by atoms with E-state index in [1.807, 2.05) is 54.6 Å². The van der Waals surface area contributed by atoms with Crippen LogP contribution in [0.15, 0.2) is 79.0 Å². The Kier molecular flexibility index (Phi) is 4.99. The van der Waals surface area contributed by atoms with Crippen LogP contribution in [0.25, 0.3) is 0 Å². The molecule has 1 amide bonds. The molecule has 7 heteroatoms. The fourth-order valence-electron chi connectivity index (χ4n) is 4.03. The third-order valence-electron chi connectivity index (χ3n) is 5.60. The van der Waals surface area contributed by atoms with Crippen LogP contribution in [0, 0.1) is 0 Å². The minimum absolute atomic E-state index is 0.114. The van der Waals surface area contributed by atoms with Crippen molar-refractivity contribution in [2.75, 3.05) is 5.32 Å². The lowest BCUT2D eigenvalue weighted by Gasteiger charge is -2.20. The lowest BCUT2D eigenvalue weighted by atomic mass is 10.1. The number of nitrogens with zero attached hydrogens (tertiary/aromatic N) is 3. The Balaban J connectivity index is 1.45. The van der Waals surface area contributed by atoms with Gasteiger partial charge in [0.25, 0.3) is 5.91 Å². The normalized spacial score (nSPS) is 12.6. The first-order chi connectivity index (χ1) is 15.6. The van der Waals surface area contributed by atoms with Gasteiger partial charge in [0.15, 0.2) is 0 Å². The molecule has 0 atom stereocenters. The van der Waals surface area contributed by atoms with Crippen LogP contribution in [0.1, 0.15) is 27.0 Å². The monoisotopic (exact) mass is 426 g/mol. The van der Waals surface area contributed by atoms with Crippen molar-refractivity contribution in [2.24, 2.45) is 0 Å². The fourth-order valence-corrected chi connectivity index (χ4v) is 4.03. The molecule has 0 bridgehead atoms. The van der Waals surface area contributed by atoms with Gasteiger partial charge in [-0.05, 0) is 16.7 Å². The second-order valence-corrected chi connectivity index (χ2v) is 7.80. The number of nitrogens with one attached hydrogen (secondary N) is 1. The summed E-state index contributed by atoms with van der Waals surface area (Å²) < 4.78 is 1.76. The molecule has 0 unspecified atom stereocenters. The predicted octanol–water partition coefficient (Wildman–Crippen LogP) is 4.24. The maximum Gasteiger partial charge on any atom is 0.260 e. The van der Waals surface area contributed by atoms with Crippen molar-refractivity contribution in [3.8, 4) is 11.5 Å². The van der Waals surface area contributed by atoms with Crippen molar-refractivity contribution in [2.45, 2.75) is 19.6 Å². The summed E-state index contributed by atoms with van der Waals surface area (Å²) in [7, 11) is 0. The van der Waals surface area contributed by atoms with Crippen molar-refractivity contribution < 1.29 is 15.0 Å². The number of hydrogen-bond acceptors (Lipinski definition) is 5. The van der Waals surface area contributed by atoms with Gasteiger partial charge in [-0.15, -0.1) is 0 Å². The number of carbonyl (C=O) groups is 1. The topological polar surface area (TPSA) is 90.6 Å². The first kappa shape index (κ1) is 19.7. The molecule has 1 aromatic heterocycles. The Hall–Kier alpha value is -4.26. The Labute approximate surface area is 185 Å². The van der Waals surface area contributed by atoms with E-state index in [1.54, 1.807) is 21.8 Å². The number of rotatable bonds is 5. The second kappa shape index (κ2) is 8.11. The number of carbonyl (C=O) groups excluding carboxylic acids is 1. The van der Waals surface area contributed by atoms with E-state index in [4.69, 9.17) is 0 Å². The van der Waals surface area contributed by atoms with E-state index < -0.39 is 0 Å². The molecule has 0 saturated heterocycles. The fraction of sp³-hybridized carbons (Fsp3) is 0.120. The van der Waals surface area contributed by atoms with Crippen molar-refractivity contribution in [3.63, 3.8) is 0 Å². The van der Waals surface area contributed by atoms with Crippen LogP contribution in [-0.2, 0) is 19.6 Å². The highest BCUT2D eigenvalue weighted by atomic mass is 16.3. The summed E-state index contributed by atoms with van der Waals surface area (Å²) in [5, 5.41) is 28.2. The zero-order chi connectivity index (χ0) is 22.1. The highest BCUT2D eigenvalue weighted by Gasteiger charge is 2.28. The van der Waals surface area contributed by atoms with Gasteiger partial charge in [0.05, 0.1) is 18.4 Å². The predicted molar refractivity (Wildman–Crippen MR) is 121 cm³/mol. The molecule has 3 aromatic carbocycles. The van der Waals surface area contributed by atoms with Gasteiger partial charge in [0.2, 0.25) is 0 Å². The van der Waals surface area contributed by atoms with E-state index in [9.17, 15) is 15.0 Å². The lowest BCUT2D eigenvalue weighted by molar-refractivity contribution is 0.0749. The molecule has 0 aliphatic carbocycles. The number of amides is 1. The van der Waals surface area contributed by atoms with Gasteiger partial charge in [-0.3, -0.25) is 4.79 Å². The number of anilines is 2. The van der Waals surface area contributed by atoms with Crippen molar-refractivity contribution in [3.05, 3.63) is 101 Å². The summed E-state index contributed by atoms with van der Waals surface area (Å²) in [6.07, 6.45) is 1.66. The molecule has 3 N–H and O–H groups in total. The number of aromatic hydroxyl groups is 2. The molecule has 5 rings (SSSR count). The molecule has 32 heavy (non-hydrogen) atoms. The average molecular weight is 426 g/mol. The largest absolute Gasteiger partial charge is 0.508 e. The molecule has 0 saturated carbocycles. The molecule has 160 valence electrons. The Morgan fingerprint density at radius 3 is 2.34 bits per heavy atom. The maximum atomic E-state index is 13.4. The highest BCUT2D eigenvalue weighted by molar-refractivity contribution is 6.03. The number of fused-ring (bicyclic) bond motifs is 1. The van der Waals surface area contributed by atoms with Crippen molar-refractivity contribution in [1.82, 2.24) is 14.7 Å². The Morgan fingerprint density at radius 2 is 1.62 bits per heavy atom. The highest BCUT2D eigenvalue weighted by Crippen LogP contribution is 2.36. The minimum atomic E-state index is -0.310. The van der Waals surface area contributed by atoms with Gasteiger partial charge in [0, 0.05) is 31.3 Å². The summed E-state index contributed by atoms with van der Waals surface area (Å²) in [6.45, 7) is 1.48. The number of hydrogen-bond donors (Lipinski definition) is 3. The molecule has 0 spiro atoms. The van der Waals surface area contributed by atoms with Gasteiger partial charge in [0.1, 0.15) is 22.9 Å². The zero-order valence-electron chi connectivity index (χ0n) is 17.3. The summed E-state index contributed by atoms with van der Waals surface area (Å²) in [4.78, 5) is 15.1. The van der Waals surface area contributed by atoms with Gasteiger partial charge < -0.3 is 20.4 Å². The molecular weight excluding hydrogens is 404 g/mol. The van der Waals surface area contributed by atoms with E-state index in [2.05, 4.69) is 10.4 Å². The molecule has 4 aromatic rings. The van der Waals surface area contributed by atoms with Gasteiger partial charge >= 0.3 is 0 Å². The lowest BCUT2D eigenvalue weighted by Crippen LogP contribution is -2.26. The Morgan fingerprint density at radius 1 is 0.938 bits per heavy atom. The third kappa shape index (κ3) is 3.76. The number of aromatic nitrogens is 2. The van der Waals surface area contributed by atoms with Crippen LogP contribution in [-0.4, -0.2) is 30.8 Å². The molecule has 1 aliphatic heterocycles. The standard InChI is InChI=1S/C25H22N4O3/c30-20-12-21(27-23-10-11-26-29(23)14-17-6-2-1-3-7-17)24(22(31)13-20)25(32)28-15-18-8-4-5-9-19(18)16-28/h1-13,27,30-31H,14-16H2. The smallest absolute Gasteiger partial charge is 0.260 e. The van der Waals surface area contributed by atoms with E-state index in [0.717, 1.165) is 16.7 Å². The van der Waals surface area contributed by atoms with Crippen LogP contribution in [0.5, 0.6) is 11.5 Å². The van der Waals surface area contributed by atoms with Gasteiger partial charge in [-0.2, -0.15) is 5.10 Å². The first-order valence-electron chi connectivity index (χ1n) is 10.3. The summed E-state index contributed by atoms with van der Waals surface area (Å²) in [5.74, 6) is -0.0871. The average Bonchev–Trinajstić information content (AvgIpc) is 3.41. The zero-order valence-corrected chi connectivity index (χ0v) is 17.3. The molecular formula is C25H22N4O3. The Bertz CT molecular complexity index is 1260. The summed E-state index contributed by atoms with van der Waals surface area (Å²) in [5.41, 5.74) is 3.69. The van der Waals surface area contributed by atoms with E-state index in [-0.39, 0.29) is 23.0 Å². The van der Waals surface area contributed by atoms with E-state index in [0.29, 0.717) is 31.1 Å². The molecule has 2 heterocycles. The summed E-state index contributed by atoms with van der Waals surface area (Å²) in [6, 6.07) is 22.2. The quantitative estimate of drug-likeness (QED) is 0.444. The van der Waals surface area contributed by atoms with Crippen LogP contribution in [0.2, 0.25) is 0 Å². The van der Waals surface area contributed by atoms with Crippen LogP contribution in [0.4, 0.5) is 11.5 Å². The van der Waals surface area contributed by atoms with Crippen LogP contribution in [0.3, 0.4) is 0 Å². The minimum Gasteiger partial charge on any atom is -0.508 e. The SMILES string of the molecule is O=C(c1c(O)cc(O)cc1Nc1ccnn1Cc1ccccc1)N1Cc2ccccc2C1. The molecule has 7 nitrogen and oxygen atoms in total. The molecule has 1 aliphatic rings. The summed E-state index contributed by atoms with van der Waals surface area (Å²) >= 11 is 0. The van der Waals surface area contributed by atoms with Crippen molar-refractivity contribution in [1.29, 1.82) is 0 Å². The van der Waals surface area contributed by atoms with Crippen molar-refractivity contribution >= 4 is 17.4 Å². The van der Waals surface area contributed by atoms with Crippen LogP contribution < -0.4 is 5.32 Å². The van der Waals surface area contributed by atoms with E-state index >= 15 is 0 Å². The van der Waals surface area contributed by atoms with Gasteiger partial charge in [-0.25, -0.2) is 4.68 Å². The number of phenols is 2.